The van der Waals surface area contributed by atoms with Crippen molar-refractivity contribution in [2.45, 2.75) is 13.8 Å². The van der Waals surface area contributed by atoms with Crippen molar-refractivity contribution in [3.63, 3.8) is 0 Å². The highest BCUT2D eigenvalue weighted by Crippen LogP contribution is 2.21. The zero-order chi connectivity index (χ0) is 22.2. The molecule has 4 aromatic carbocycles. The van der Waals surface area contributed by atoms with Gasteiger partial charge in [0.1, 0.15) is 0 Å². The Kier molecular flexibility index (Phi) is 6.67. The van der Waals surface area contributed by atoms with Gasteiger partial charge in [-0.15, -0.1) is 0 Å². The summed E-state index contributed by atoms with van der Waals surface area (Å²) in [4.78, 5) is 0. The van der Waals surface area contributed by atoms with E-state index in [1.165, 1.54) is 33.4 Å². The molecule has 4 rings (SSSR count). The highest BCUT2D eigenvalue weighted by Gasteiger charge is 1.97. The number of rotatable bonds is 2. The first-order valence-electron chi connectivity index (χ1n) is 10.7. The Labute approximate surface area is 191 Å². The van der Waals surface area contributed by atoms with E-state index in [9.17, 15) is 0 Å². The number of hydrogen-bond donors (Lipinski definition) is 0. The molecule has 4 aromatic rings. The third-order valence-electron chi connectivity index (χ3n) is 5.22. The van der Waals surface area contributed by atoms with Crippen LogP contribution in [-0.4, -0.2) is 0 Å². The average molecular weight is 409 g/mol. The van der Waals surface area contributed by atoms with Gasteiger partial charge in [-0.05, 0) is 72.5 Å². The third kappa shape index (κ3) is 5.66. The average Bonchev–Trinajstić information content (AvgIpc) is 2.83. The maximum Gasteiger partial charge on any atom is 0.0249 e. The molecule has 0 radical (unpaired) electrons. The first-order valence-corrected chi connectivity index (χ1v) is 10.7. The van der Waals surface area contributed by atoms with Gasteiger partial charge in [-0.2, -0.15) is 0 Å². The van der Waals surface area contributed by atoms with Gasteiger partial charge in [-0.1, -0.05) is 108 Å². The molecule has 152 valence electrons. The number of hydrogen-bond acceptors (Lipinski definition) is 0. The Bertz CT molecular complexity index is 1220. The minimum Gasteiger partial charge on any atom is -0.0689 e. The monoisotopic (exact) mass is 408 g/mol. The van der Waals surface area contributed by atoms with Gasteiger partial charge in [-0.3, -0.25) is 0 Å². The van der Waals surface area contributed by atoms with Crippen molar-refractivity contribution < 1.29 is 0 Å². The van der Waals surface area contributed by atoms with Gasteiger partial charge in [0.2, 0.25) is 0 Å². The van der Waals surface area contributed by atoms with E-state index >= 15 is 0 Å². The third-order valence-corrected chi connectivity index (χ3v) is 5.22. The van der Waals surface area contributed by atoms with Crippen LogP contribution >= 0.6 is 0 Å². The van der Waals surface area contributed by atoms with Crippen LogP contribution in [0.2, 0.25) is 0 Å². The van der Waals surface area contributed by atoms with Crippen molar-refractivity contribution in [3.05, 3.63) is 131 Å². The molecule has 0 aliphatic rings. The predicted octanol–water partition coefficient (Wildman–Crippen LogP) is 7.60. The van der Waals surface area contributed by atoms with E-state index in [2.05, 4.69) is 135 Å². The minimum absolute atomic E-state index is 0.991. The summed E-state index contributed by atoms with van der Waals surface area (Å²) in [5, 5.41) is 0. The summed E-state index contributed by atoms with van der Waals surface area (Å²) in [6.07, 6.45) is 3.59. The first-order chi connectivity index (χ1) is 15.7. The molecule has 0 heterocycles. The lowest BCUT2D eigenvalue weighted by molar-refractivity contribution is 1.47. The molecule has 0 fully saturated rings. The number of allylic oxidation sites excluding steroid dienone is 2. The fraction of sp³-hybridized carbons (Fsp3) is 0.0625. The zero-order valence-corrected chi connectivity index (χ0v) is 18.4. The Balaban J connectivity index is 1.35. The summed E-state index contributed by atoms with van der Waals surface area (Å²) < 4.78 is 0. The van der Waals surface area contributed by atoms with Crippen molar-refractivity contribution in [2.75, 3.05) is 0 Å². The lowest BCUT2D eigenvalue weighted by atomic mass is 10.0. The molecule has 0 saturated carbocycles. The summed E-state index contributed by atoms with van der Waals surface area (Å²) in [5.74, 6) is 12.4. The number of benzene rings is 4. The van der Waals surface area contributed by atoms with E-state index < -0.39 is 0 Å². The van der Waals surface area contributed by atoms with E-state index in [-0.39, 0.29) is 0 Å². The Morgan fingerprint density at radius 2 is 0.688 bits per heavy atom. The second-order valence-electron chi connectivity index (χ2n) is 7.76. The molecule has 0 unspecified atom stereocenters. The maximum atomic E-state index is 3.16. The molecular weight excluding hydrogens is 384 g/mol. The Morgan fingerprint density at radius 1 is 0.406 bits per heavy atom. The van der Waals surface area contributed by atoms with Crippen molar-refractivity contribution in [3.8, 4) is 45.9 Å². The molecule has 0 aromatic heterocycles. The van der Waals surface area contributed by atoms with Crippen LogP contribution in [0.1, 0.15) is 22.3 Å². The molecule has 0 nitrogen and oxygen atoms in total. The van der Waals surface area contributed by atoms with Gasteiger partial charge in [0.05, 0.1) is 0 Å². The van der Waals surface area contributed by atoms with Crippen LogP contribution < -0.4 is 0 Å². The standard InChI is InChI=1S/C32H24/c1-25-9-17-29(18-10-25)31-21-13-27(14-22-31)7-5-3-4-6-8-28-15-23-32(24-16-28)30-19-11-26(2)12-20-30/h3-4,9-24H,1-2H3. The molecule has 0 N–H and O–H groups in total. The molecule has 0 atom stereocenters. The van der Waals surface area contributed by atoms with Gasteiger partial charge in [0.25, 0.3) is 0 Å². The lowest BCUT2D eigenvalue weighted by Gasteiger charge is -2.02. The SMILES string of the molecule is Cc1ccc(-c2ccc(C#CC=CC#Cc3ccc(-c4ccc(C)cc4)cc3)cc2)cc1. The predicted molar refractivity (Wildman–Crippen MR) is 136 cm³/mol. The van der Waals surface area contributed by atoms with Gasteiger partial charge in [-0.25, -0.2) is 0 Å². The van der Waals surface area contributed by atoms with Gasteiger partial charge >= 0.3 is 0 Å². The molecule has 0 spiro atoms. The zero-order valence-electron chi connectivity index (χ0n) is 18.4. The van der Waals surface area contributed by atoms with Crippen molar-refractivity contribution in [1.29, 1.82) is 0 Å². The highest BCUT2D eigenvalue weighted by molar-refractivity contribution is 5.65. The van der Waals surface area contributed by atoms with Crippen LogP contribution in [0.5, 0.6) is 0 Å². The van der Waals surface area contributed by atoms with Gasteiger partial charge < -0.3 is 0 Å². The Morgan fingerprint density at radius 3 is 1.00 bits per heavy atom. The molecule has 32 heavy (non-hydrogen) atoms. The summed E-state index contributed by atoms with van der Waals surface area (Å²) in [6, 6.07) is 33.8. The molecule has 0 amide bonds. The largest absolute Gasteiger partial charge is 0.0689 e. The highest BCUT2D eigenvalue weighted by atomic mass is 14.0. The van der Waals surface area contributed by atoms with Crippen LogP contribution in [0.25, 0.3) is 22.3 Å². The normalized spacial score (nSPS) is 10.2. The fourth-order valence-electron chi connectivity index (χ4n) is 3.32. The number of aryl methyl sites for hydroxylation is 2. The first kappa shape index (κ1) is 21.0. The van der Waals surface area contributed by atoms with Gasteiger partial charge in [0.15, 0.2) is 0 Å². The second kappa shape index (κ2) is 10.2. The fourth-order valence-corrected chi connectivity index (χ4v) is 3.32. The van der Waals surface area contributed by atoms with Crippen LogP contribution in [0, 0.1) is 37.5 Å². The molecule has 0 aliphatic heterocycles. The summed E-state index contributed by atoms with van der Waals surface area (Å²) >= 11 is 0. The molecule has 0 heteroatoms. The van der Waals surface area contributed by atoms with Crippen LogP contribution in [-0.2, 0) is 0 Å². The molecule has 0 aliphatic carbocycles. The van der Waals surface area contributed by atoms with Crippen LogP contribution in [0.15, 0.2) is 109 Å². The van der Waals surface area contributed by atoms with E-state index in [0.29, 0.717) is 0 Å². The van der Waals surface area contributed by atoms with Crippen LogP contribution in [0.4, 0.5) is 0 Å². The molecule has 0 bridgehead atoms. The van der Waals surface area contributed by atoms with E-state index in [0.717, 1.165) is 11.1 Å². The molecule has 0 saturated heterocycles. The summed E-state index contributed by atoms with van der Waals surface area (Å²) in [6.45, 7) is 4.20. The van der Waals surface area contributed by atoms with E-state index in [1.54, 1.807) is 12.2 Å². The van der Waals surface area contributed by atoms with Crippen molar-refractivity contribution >= 4 is 0 Å². The second-order valence-corrected chi connectivity index (χ2v) is 7.76. The quantitative estimate of drug-likeness (QED) is 0.300. The van der Waals surface area contributed by atoms with Crippen molar-refractivity contribution in [1.82, 2.24) is 0 Å². The molecular formula is C32H24. The maximum absolute atomic E-state index is 3.16. The summed E-state index contributed by atoms with van der Waals surface area (Å²) in [7, 11) is 0. The Hall–Kier alpha value is -4.26. The topological polar surface area (TPSA) is 0 Å². The van der Waals surface area contributed by atoms with E-state index in [1.807, 2.05) is 0 Å². The minimum atomic E-state index is 0.991. The van der Waals surface area contributed by atoms with Gasteiger partial charge in [0, 0.05) is 11.1 Å². The summed E-state index contributed by atoms with van der Waals surface area (Å²) in [5.41, 5.74) is 9.36. The smallest absolute Gasteiger partial charge is 0.0249 e. The van der Waals surface area contributed by atoms with Crippen molar-refractivity contribution in [2.24, 2.45) is 0 Å². The van der Waals surface area contributed by atoms with Crippen LogP contribution in [0.3, 0.4) is 0 Å². The van der Waals surface area contributed by atoms with E-state index in [4.69, 9.17) is 0 Å². The lowest BCUT2D eigenvalue weighted by Crippen LogP contribution is -1.80.